The van der Waals surface area contributed by atoms with E-state index in [1.807, 2.05) is 29.6 Å². The van der Waals surface area contributed by atoms with Crippen LogP contribution in [-0.2, 0) is 16.1 Å². The number of rotatable bonds is 4. The fourth-order valence-corrected chi connectivity index (χ4v) is 2.85. The summed E-state index contributed by atoms with van der Waals surface area (Å²) >= 11 is 1.30. The number of carbonyl (C=O) groups is 2. The highest BCUT2D eigenvalue weighted by molar-refractivity contribution is 7.03. The van der Waals surface area contributed by atoms with Gasteiger partial charge in [-0.15, -0.1) is 5.10 Å². The molecule has 0 aliphatic carbocycles. The maximum absolute atomic E-state index is 11.8. The number of carboxylic acids is 1. The Morgan fingerprint density at radius 2 is 2.14 bits per heavy atom. The van der Waals surface area contributed by atoms with Crippen molar-refractivity contribution in [3.05, 3.63) is 35.2 Å². The van der Waals surface area contributed by atoms with E-state index >= 15 is 0 Å². The topological polar surface area (TPSA) is 83.4 Å². The first-order valence-electron chi connectivity index (χ1n) is 6.50. The van der Waals surface area contributed by atoms with Crippen molar-refractivity contribution in [2.24, 2.45) is 5.92 Å². The minimum Gasteiger partial charge on any atom is -0.481 e. The minimum atomic E-state index is -0.905. The molecule has 1 saturated heterocycles. The Morgan fingerprint density at radius 1 is 1.38 bits per heavy atom. The highest BCUT2D eigenvalue weighted by atomic mass is 32.1. The number of aromatic nitrogens is 2. The normalized spacial score (nSPS) is 18.2. The molecule has 108 valence electrons. The van der Waals surface area contributed by atoms with Crippen molar-refractivity contribution in [3.8, 4) is 11.3 Å². The Balaban J connectivity index is 1.68. The molecule has 0 bridgehead atoms. The highest BCUT2D eigenvalue weighted by Crippen LogP contribution is 2.22. The predicted octanol–water partition coefficient (Wildman–Crippen LogP) is 1.64. The lowest BCUT2D eigenvalue weighted by Gasteiger charge is -2.16. The Bertz CT molecular complexity index is 655. The molecule has 1 aromatic heterocycles. The van der Waals surface area contributed by atoms with Gasteiger partial charge in [0.1, 0.15) is 5.69 Å². The van der Waals surface area contributed by atoms with E-state index in [0.29, 0.717) is 6.54 Å². The third kappa shape index (κ3) is 2.92. The van der Waals surface area contributed by atoms with E-state index in [9.17, 15) is 9.59 Å². The number of hydrogen-bond donors (Lipinski definition) is 1. The summed E-state index contributed by atoms with van der Waals surface area (Å²) in [4.78, 5) is 24.3. The van der Waals surface area contributed by atoms with Gasteiger partial charge in [0.25, 0.3) is 0 Å². The lowest BCUT2D eigenvalue weighted by Crippen LogP contribution is -2.25. The van der Waals surface area contributed by atoms with Gasteiger partial charge >= 0.3 is 5.97 Å². The largest absolute Gasteiger partial charge is 0.481 e. The zero-order valence-electron chi connectivity index (χ0n) is 11.1. The van der Waals surface area contributed by atoms with Crippen molar-refractivity contribution in [1.82, 2.24) is 14.5 Å². The molecule has 1 aromatic carbocycles. The summed E-state index contributed by atoms with van der Waals surface area (Å²) in [5, 5.41) is 14.8. The maximum Gasteiger partial charge on any atom is 0.308 e. The van der Waals surface area contributed by atoms with E-state index in [0.717, 1.165) is 16.8 Å². The van der Waals surface area contributed by atoms with Crippen LogP contribution < -0.4 is 0 Å². The van der Waals surface area contributed by atoms with Crippen molar-refractivity contribution in [1.29, 1.82) is 0 Å². The Morgan fingerprint density at radius 3 is 2.71 bits per heavy atom. The standard InChI is InChI=1S/C14H13N3O3S/c18-13-5-11(14(19)20)7-17(13)6-9-1-3-10(4-2-9)12-8-21-16-15-12/h1-4,8,11H,5-7H2,(H,19,20)/t11-/m1/s1. The zero-order chi connectivity index (χ0) is 14.8. The van der Waals surface area contributed by atoms with E-state index in [2.05, 4.69) is 9.59 Å². The molecule has 1 aliphatic rings. The lowest BCUT2D eigenvalue weighted by atomic mass is 10.1. The molecule has 2 heterocycles. The lowest BCUT2D eigenvalue weighted by molar-refractivity contribution is -0.141. The highest BCUT2D eigenvalue weighted by Gasteiger charge is 2.33. The van der Waals surface area contributed by atoms with E-state index in [-0.39, 0.29) is 18.9 Å². The first-order valence-corrected chi connectivity index (χ1v) is 7.34. The van der Waals surface area contributed by atoms with Gasteiger partial charge in [-0.05, 0) is 17.1 Å². The molecule has 1 N–H and O–H groups in total. The van der Waals surface area contributed by atoms with E-state index in [1.54, 1.807) is 4.90 Å². The number of carbonyl (C=O) groups excluding carboxylic acids is 1. The molecule has 1 aliphatic heterocycles. The van der Waals surface area contributed by atoms with Gasteiger partial charge in [-0.1, -0.05) is 28.8 Å². The third-order valence-electron chi connectivity index (χ3n) is 3.55. The van der Waals surface area contributed by atoms with Crippen molar-refractivity contribution in [3.63, 3.8) is 0 Å². The van der Waals surface area contributed by atoms with Crippen molar-refractivity contribution in [2.75, 3.05) is 6.54 Å². The maximum atomic E-state index is 11.8. The van der Waals surface area contributed by atoms with Crippen molar-refractivity contribution in [2.45, 2.75) is 13.0 Å². The zero-order valence-corrected chi connectivity index (χ0v) is 11.9. The summed E-state index contributed by atoms with van der Waals surface area (Å²) in [5.74, 6) is -1.59. The van der Waals surface area contributed by atoms with Gasteiger partial charge in [0.15, 0.2) is 0 Å². The van der Waals surface area contributed by atoms with Crippen molar-refractivity contribution >= 4 is 23.4 Å². The second kappa shape index (κ2) is 5.61. The summed E-state index contributed by atoms with van der Waals surface area (Å²) < 4.78 is 3.82. The van der Waals surface area contributed by atoms with Gasteiger partial charge in [-0.3, -0.25) is 9.59 Å². The smallest absolute Gasteiger partial charge is 0.308 e. The molecular formula is C14H13N3O3S. The van der Waals surface area contributed by atoms with Crippen LogP contribution in [0.15, 0.2) is 29.6 Å². The molecule has 0 spiro atoms. The SMILES string of the molecule is O=C(O)[C@@H]1CC(=O)N(Cc2ccc(-c3csnn3)cc2)C1. The number of likely N-dealkylation sites (tertiary alicyclic amines) is 1. The number of aliphatic carboxylic acids is 1. The average molecular weight is 303 g/mol. The molecule has 0 unspecified atom stereocenters. The number of carboxylic acid groups (broad SMARTS) is 1. The molecule has 0 radical (unpaired) electrons. The Hall–Kier alpha value is -2.28. The summed E-state index contributed by atoms with van der Waals surface area (Å²) in [6.07, 6.45) is 0.0951. The molecule has 1 amide bonds. The second-order valence-corrected chi connectivity index (χ2v) is 5.61. The van der Waals surface area contributed by atoms with Crippen LogP contribution in [0.3, 0.4) is 0 Å². The van der Waals surface area contributed by atoms with Crippen LogP contribution in [0.1, 0.15) is 12.0 Å². The monoisotopic (exact) mass is 303 g/mol. The molecule has 1 atom stereocenters. The van der Waals surface area contributed by atoms with Gasteiger partial charge < -0.3 is 10.0 Å². The Kier molecular flexibility index (Phi) is 3.66. The molecule has 1 fully saturated rings. The molecule has 21 heavy (non-hydrogen) atoms. The van der Waals surface area contributed by atoms with Gasteiger partial charge in [-0.25, -0.2) is 0 Å². The fraction of sp³-hybridized carbons (Fsp3) is 0.286. The van der Waals surface area contributed by atoms with Crippen molar-refractivity contribution < 1.29 is 14.7 Å². The molecule has 6 nitrogen and oxygen atoms in total. The number of nitrogens with zero attached hydrogens (tertiary/aromatic N) is 3. The van der Waals surface area contributed by atoms with Crippen LogP contribution in [0.25, 0.3) is 11.3 Å². The third-order valence-corrected chi connectivity index (χ3v) is 4.05. The predicted molar refractivity (Wildman–Crippen MR) is 76.5 cm³/mol. The molecule has 3 rings (SSSR count). The van der Waals surface area contributed by atoms with Crippen LogP contribution in [0, 0.1) is 5.92 Å². The van der Waals surface area contributed by atoms with E-state index in [1.165, 1.54) is 11.5 Å². The molecular weight excluding hydrogens is 290 g/mol. The molecule has 0 saturated carbocycles. The summed E-state index contributed by atoms with van der Waals surface area (Å²) in [5.41, 5.74) is 2.78. The first-order chi connectivity index (χ1) is 10.1. The van der Waals surface area contributed by atoms with Gasteiger partial charge in [0, 0.05) is 30.5 Å². The first kappa shape index (κ1) is 13.7. The van der Waals surface area contributed by atoms with Crippen LogP contribution in [0.2, 0.25) is 0 Å². The van der Waals surface area contributed by atoms with Gasteiger partial charge in [0.05, 0.1) is 5.92 Å². The second-order valence-electron chi connectivity index (χ2n) is 5.00. The molecule has 2 aromatic rings. The fourth-order valence-electron chi connectivity index (χ4n) is 2.38. The van der Waals surface area contributed by atoms with Crippen LogP contribution >= 0.6 is 11.5 Å². The summed E-state index contributed by atoms with van der Waals surface area (Å²) in [6, 6.07) is 7.72. The quantitative estimate of drug-likeness (QED) is 0.928. The Labute approximate surface area is 125 Å². The number of amides is 1. The van der Waals surface area contributed by atoms with Crippen LogP contribution in [-0.4, -0.2) is 38.0 Å². The average Bonchev–Trinajstić information content (AvgIpc) is 3.10. The van der Waals surface area contributed by atoms with Crippen LogP contribution in [0.5, 0.6) is 0 Å². The minimum absolute atomic E-state index is 0.0951. The van der Waals surface area contributed by atoms with Gasteiger partial charge in [-0.2, -0.15) is 0 Å². The molecule has 7 heteroatoms. The number of benzene rings is 1. The van der Waals surface area contributed by atoms with E-state index < -0.39 is 11.9 Å². The number of hydrogen-bond acceptors (Lipinski definition) is 5. The van der Waals surface area contributed by atoms with Crippen LogP contribution in [0.4, 0.5) is 0 Å². The van der Waals surface area contributed by atoms with Gasteiger partial charge in [0.2, 0.25) is 5.91 Å². The van der Waals surface area contributed by atoms with E-state index in [4.69, 9.17) is 5.11 Å². The summed E-state index contributed by atoms with van der Waals surface area (Å²) in [6.45, 7) is 0.726. The summed E-state index contributed by atoms with van der Waals surface area (Å²) in [7, 11) is 0.